The number of carbonyl (C=O) groups excluding carboxylic acids is 2. The number of carbonyl (C=O) groups is 2. The number of rotatable bonds is 4. The van der Waals surface area contributed by atoms with Crippen molar-refractivity contribution in [3.8, 4) is 0 Å². The van der Waals surface area contributed by atoms with Gasteiger partial charge in [-0.25, -0.2) is 4.39 Å². The second-order valence-electron chi connectivity index (χ2n) is 7.42. The number of nitrogens with zero attached hydrogens (tertiary/aromatic N) is 3. The molecule has 0 bridgehead atoms. The van der Waals surface area contributed by atoms with E-state index in [9.17, 15) is 14.0 Å². The normalized spacial score (nSPS) is 21.6. The first-order chi connectivity index (χ1) is 13.0. The topological polar surface area (TPSA) is 43.9 Å². The zero-order valence-electron chi connectivity index (χ0n) is 15.9. The molecule has 1 atom stereocenters. The lowest BCUT2D eigenvalue weighted by Gasteiger charge is -2.37. The third kappa shape index (κ3) is 5.39. The molecule has 0 aromatic heterocycles. The maximum absolute atomic E-state index is 12.9. The van der Waals surface area contributed by atoms with Gasteiger partial charge in [0.25, 0.3) is 0 Å². The van der Waals surface area contributed by atoms with Crippen molar-refractivity contribution in [3.05, 3.63) is 41.7 Å². The summed E-state index contributed by atoms with van der Waals surface area (Å²) in [7, 11) is 0. The van der Waals surface area contributed by atoms with Crippen molar-refractivity contribution in [2.75, 3.05) is 39.3 Å². The zero-order chi connectivity index (χ0) is 19.2. The van der Waals surface area contributed by atoms with Crippen LogP contribution in [0.15, 0.2) is 30.3 Å². The highest BCUT2D eigenvalue weighted by atomic mass is 19.1. The van der Waals surface area contributed by atoms with E-state index in [1.165, 1.54) is 24.6 Å². The molecular formula is C21H28FN3O2. The van der Waals surface area contributed by atoms with Gasteiger partial charge in [-0.1, -0.05) is 12.1 Å². The van der Waals surface area contributed by atoms with Crippen LogP contribution in [0.2, 0.25) is 0 Å². The van der Waals surface area contributed by atoms with Gasteiger partial charge in [-0.05, 0) is 50.0 Å². The second kappa shape index (κ2) is 9.13. The van der Waals surface area contributed by atoms with Crippen LogP contribution in [-0.2, 0) is 9.59 Å². The summed E-state index contributed by atoms with van der Waals surface area (Å²) in [4.78, 5) is 30.8. The number of piperidine rings is 1. The highest BCUT2D eigenvalue weighted by molar-refractivity contribution is 5.91. The van der Waals surface area contributed by atoms with Gasteiger partial charge in [0, 0.05) is 44.8 Å². The lowest BCUT2D eigenvalue weighted by atomic mass is 10.0. The van der Waals surface area contributed by atoms with Gasteiger partial charge in [0.2, 0.25) is 11.8 Å². The third-order valence-electron chi connectivity index (χ3n) is 5.45. The molecule has 2 amide bonds. The Bertz CT molecular complexity index is 681. The number of hydrogen-bond donors (Lipinski definition) is 0. The standard InChI is InChI=1S/C21H28FN3O2/c1-17-4-2-3-11-25(17)21(27)16-23-12-14-24(15-13-23)20(26)10-7-18-5-8-19(22)9-6-18/h5-10,17H,2-4,11-16H2,1H3/b10-7+. The van der Waals surface area contributed by atoms with Crippen molar-refractivity contribution in [1.29, 1.82) is 0 Å². The van der Waals surface area contributed by atoms with Crippen molar-refractivity contribution in [3.63, 3.8) is 0 Å². The first-order valence-corrected chi connectivity index (χ1v) is 9.77. The summed E-state index contributed by atoms with van der Waals surface area (Å²) >= 11 is 0. The molecule has 3 rings (SSSR count). The fraction of sp³-hybridized carbons (Fsp3) is 0.524. The largest absolute Gasteiger partial charge is 0.339 e. The zero-order valence-corrected chi connectivity index (χ0v) is 15.9. The average molecular weight is 373 g/mol. The van der Waals surface area contributed by atoms with Gasteiger partial charge < -0.3 is 9.80 Å². The van der Waals surface area contributed by atoms with E-state index in [-0.39, 0.29) is 17.6 Å². The van der Waals surface area contributed by atoms with Crippen molar-refractivity contribution in [2.24, 2.45) is 0 Å². The molecular weight excluding hydrogens is 345 g/mol. The van der Waals surface area contributed by atoms with E-state index in [2.05, 4.69) is 11.8 Å². The Kier molecular flexibility index (Phi) is 6.61. The predicted octanol–water partition coefficient (Wildman–Crippen LogP) is 2.38. The van der Waals surface area contributed by atoms with Gasteiger partial charge in [0.05, 0.1) is 6.54 Å². The Balaban J connectivity index is 1.44. The molecule has 27 heavy (non-hydrogen) atoms. The lowest BCUT2D eigenvalue weighted by Crippen LogP contribution is -2.52. The summed E-state index contributed by atoms with van der Waals surface area (Å²) in [6.45, 7) is 6.10. The van der Waals surface area contributed by atoms with Crippen LogP contribution < -0.4 is 0 Å². The Labute approximate surface area is 160 Å². The van der Waals surface area contributed by atoms with Crippen LogP contribution in [0.25, 0.3) is 6.08 Å². The molecule has 1 aromatic rings. The van der Waals surface area contributed by atoms with Gasteiger partial charge in [0.15, 0.2) is 0 Å². The third-order valence-corrected chi connectivity index (χ3v) is 5.45. The molecule has 0 saturated carbocycles. The van der Waals surface area contributed by atoms with Crippen LogP contribution in [0.5, 0.6) is 0 Å². The molecule has 2 aliphatic rings. The Morgan fingerprint density at radius 2 is 1.78 bits per heavy atom. The maximum Gasteiger partial charge on any atom is 0.246 e. The number of halogens is 1. The lowest BCUT2D eigenvalue weighted by molar-refractivity contribution is -0.136. The fourth-order valence-corrected chi connectivity index (χ4v) is 3.72. The number of hydrogen-bond acceptors (Lipinski definition) is 3. The minimum absolute atomic E-state index is 0.0463. The highest BCUT2D eigenvalue weighted by Gasteiger charge is 2.26. The smallest absolute Gasteiger partial charge is 0.246 e. The second-order valence-corrected chi connectivity index (χ2v) is 7.42. The fourth-order valence-electron chi connectivity index (χ4n) is 3.72. The van der Waals surface area contributed by atoms with Crippen LogP contribution >= 0.6 is 0 Å². The van der Waals surface area contributed by atoms with Gasteiger partial charge >= 0.3 is 0 Å². The minimum atomic E-state index is -0.289. The van der Waals surface area contributed by atoms with Crippen LogP contribution in [0.3, 0.4) is 0 Å². The Hall–Kier alpha value is -2.21. The van der Waals surface area contributed by atoms with Crippen molar-refractivity contribution >= 4 is 17.9 Å². The van der Waals surface area contributed by atoms with Crippen LogP contribution in [0.4, 0.5) is 4.39 Å². The first-order valence-electron chi connectivity index (χ1n) is 9.77. The molecule has 6 heteroatoms. The molecule has 146 valence electrons. The molecule has 0 N–H and O–H groups in total. The van der Waals surface area contributed by atoms with Crippen LogP contribution in [0, 0.1) is 5.82 Å². The van der Waals surface area contributed by atoms with E-state index in [0.717, 1.165) is 24.9 Å². The molecule has 2 aliphatic heterocycles. The molecule has 1 unspecified atom stereocenters. The number of amides is 2. The first kappa shape index (κ1) is 19.5. The molecule has 0 aliphatic carbocycles. The Morgan fingerprint density at radius 1 is 1.07 bits per heavy atom. The van der Waals surface area contributed by atoms with E-state index in [4.69, 9.17) is 0 Å². The molecule has 2 heterocycles. The maximum atomic E-state index is 12.9. The van der Waals surface area contributed by atoms with E-state index >= 15 is 0 Å². The van der Waals surface area contributed by atoms with Gasteiger partial charge in [-0.2, -0.15) is 0 Å². The van der Waals surface area contributed by atoms with Gasteiger partial charge in [-0.15, -0.1) is 0 Å². The van der Waals surface area contributed by atoms with Crippen molar-refractivity contribution < 1.29 is 14.0 Å². The van der Waals surface area contributed by atoms with Crippen molar-refractivity contribution in [2.45, 2.75) is 32.2 Å². The molecule has 0 spiro atoms. The summed E-state index contributed by atoms with van der Waals surface area (Å²) in [6.07, 6.45) is 6.63. The highest BCUT2D eigenvalue weighted by Crippen LogP contribution is 2.17. The number of benzene rings is 1. The molecule has 5 nitrogen and oxygen atoms in total. The predicted molar refractivity (Wildman–Crippen MR) is 103 cm³/mol. The van der Waals surface area contributed by atoms with E-state index < -0.39 is 0 Å². The summed E-state index contributed by atoms with van der Waals surface area (Å²) in [5.41, 5.74) is 0.796. The van der Waals surface area contributed by atoms with Crippen LogP contribution in [-0.4, -0.2) is 71.8 Å². The van der Waals surface area contributed by atoms with E-state index in [0.29, 0.717) is 38.8 Å². The molecule has 2 saturated heterocycles. The summed E-state index contributed by atoms with van der Waals surface area (Å²) in [5, 5.41) is 0. The summed E-state index contributed by atoms with van der Waals surface area (Å²) in [5.74, 6) is -0.128. The number of piperazine rings is 1. The summed E-state index contributed by atoms with van der Waals surface area (Å²) in [6, 6.07) is 6.38. The van der Waals surface area contributed by atoms with Gasteiger partial charge in [0.1, 0.15) is 5.82 Å². The number of likely N-dealkylation sites (tertiary alicyclic amines) is 1. The monoisotopic (exact) mass is 373 g/mol. The molecule has 2 fully saturated rings. The minimum Gasteiger partial charge on any atom is -0.339 e. The molecule has 0 radical (unpaired) electrons. The summed E-state index contributed by atoms with van der Waals surface area (Å²) < 4.78 is 12.9. The molecule has 1 aromatic carbocycles. The Morgan fingerprint density at radius 3 is 2.44 bits per heavy atom. The van der Waals surface area contributed by atoms with Gasteiger partial charge in [-0.3, -0.25) is 14.5 Å². The van der Waals surface area contributed by atoms with E-state index in [1.54, 1.807) is 23.1 Å². The van der Waals surface area contributed by atoms with Crippen LogP contribution in [0.1, 0.15) is 31.7 Å². The van der Waals surface area contributed by atoms with Crippen molar-refractivity contribution in [1.82, 2.24) is 14.7 Å². The SMILES string of the molecule is CC1CCCCN1C(=O)CN1CCN(C(=O)/C=C/c2ccc(F)cc2)CC1. The average Bonchev–Trinajstić information content (AvgIpc) is 2.68. The quantitative estimate of drug-likeness (QED) is 0.761. The van der Waals surface area contributed by atoms with E-state index in [1.807, 2.05) is 4.90 Å².